The Balaban J connectivity index is 1.30. The van der Waals surface area contributed by atoms with Crippen molar-refractivity contribution in [2.75, 3.05) is 74.5 Å². The largest absolute Gasteiger partial charge is 0.492 e. The molecule has 10 nitrogen and oxygen atoms in total. The van der Waals surface area contributed by atoms with Gasteiger partial charge in [0.2, 0.25) is 5.91 Å². The third-order valence-corrected chi connectivity index (χ3v) is 7.69. The molecular formula is C26H36ClN7O3S. The van der Waals surface area contributed by atoms with Gasteiger partial charge in [0.1, 0.15) is 16.7 Å². The molecule has 1 unspecified atom stereocenters. The van der Waals surface area contributed by atoms with E-state index in [-0.39, 0.29) is 23.7 Å². The van der Waals surface area contributed by atoms with Crippen molar-refractivity contribution in [3.63, 3.8) is 0 Å². The summed E-state index contributed by atoms with van der Waals surface area (Å²) in [5, 5.41) is 3.68. The molecule has 1 aromatic carbocycles. The number of ether oxygens (including phenoxy) is 1. The zero-order valence-corrected chi connectivity index (χ0v) is 23.8. The molecule has 3 heterocycles. The Labute approximate surface area is 233 Å². The van der Waals surface area contributed by atoms with Gasteiger partial charge in [0.15, 0.2) is 5.16 Å². The second-order valence-corrected chi connectivity index (χ2v) is 10.5. The topological polar surface area (TPSA) is 94.1 Å². The predicted molar refractivity (Wildman–Crippen MR) is 152 cm³/mol. The van der Waals surface area contributed by atoms with E-state index >= 15 is 0 Å². The maximum atomic E-state index is 13.0. The van der Waals surface area contributed by atoms with Crippen LogP contribution in [0.25, 0.3) is 0 Å². The van der Waals surface area contributed by atoms with Crippen LogP contribution in [0, 0.1) is 0 Å². The minimum atomic E-state index is -0.0468. The lowest BCUT2D eigenvalue weighted by Crippen LogP contribution is -2.56. The highest BCUT2D eigenvalue weighted by molar-refractivity contribution is 7.99. The molecule has 12 heteroatoms. The number of carbonyl (C=O) groups is 2. The number of amides is 3. The molecule has 3 amide bonds. The van der Waals surface area contributed by atoms with Crippen LogP contribution in [-0.4, -0.2) is 102 Å². The molecule has 38 heavy (non-hydrogen) atoms. The minimum absolute atomic E-state index is 0.0286. The van der Waals surface area contributed by atoms with Crippen LogP contribution in [0.15, 0.2) is 35.5 Å². The molecule has 0 spiro atoms. The zero-order chi connectivity index (χ0) is 27.1. The van der Waals surface area contributed by atoms with E-state index in [2.05, 4.69) is 31.2 Å². The smallest absolute Gasteiger partial charge is 0.317 e. The number of nitrogens with one attached hydrogen (secondary N) is 1. The Morgan fingerprint density at radius 2 is 1.82 bits per heavy atom. The molecule has 0 aliphatic carbocycles. The summed E-state index contributed by atoms with van der Waals surface area (Å²) in [5.41, 5.74) is 1.07. The molecular weight excluding hydrogens is 526 g/mol. The highest BCUT2D eigenvalue weighted by Gasteiger charge is 2.28. The number of anilines is 2. The Morgan fingerprint density at radius 3 is 2.53 bits per heavy atom. The summed E-state index contributed by atoms with van der Waals surface area (Å²) in [5.74, 6) is 1.89. The van der Waals surface area contributed by atoms with Crippen molar-refractivity contribution in [3.05, 3.63) is 35.5 Å². The minimum Gasteiger partial charge on any atom is -0.492 e. The van der Waals surface area contributed by atoms with Crippen molar-refractivity contribution in [1.82, 2.24) is 25.1 Å². The molecule has 1 atom stereocenters. The number of nitrogens with zero attached hydrogens (tertiary/aromatic N) is 6. The number of thioether (sulfide) groups is 1. The van der Waals surface area contributed by atoms with Gasteiger partial charge in [-0.05, 0) is 32.9 Å². The van der Waals surface area contributed by atoms with Gasteiger partial charge in [-0.1, -0.05) is 35.5 Å². The number of piperazine rings is 2. The summed E-state index contributed by atoms with van der Waals surface area (Å²) in [6.45, 7) is 11.8. The van der Waals surface area contributed by atoms with Crippen LogP contribution in [-0.2, 0) is 4.79 Å². The molecule has 1 aromatic heterocycles. The van der Waals surface area contributed by atoms with E-state index in [1.54, 1.807) is 6.07 Å². The van der Waals surface area contributed by atoms with Crippen molar-refractivity contribution in [2.24, 2.45) is 0 Å². The third-order valence-electron chi connectivity index (χ3n) is 6.66. The first-order chi connectivity index (χ1) is 18.4. The molecule has 2 saturated heterocycles. The maximum Gasteiger partial charge on any atom is 0.317 e. The average molecular weight is 562 g/mol. The predicted octanol–water partition coefficient (Wildman–Crippen LogP) is 3.21. The van der Waals surface area contributed by atoms with Gasteiger partial charge < -0.3 is 29.7 Å². The average Bonchev–Trinajstić information content (AvgIpc) is 2.92. The van der Waals surface area contributed by atoms with Gasteiger partial charge in [-0.3, -0.25) is 4.79 Å². The van der Waals surface area contributed by atoms with Crippen molar-refractivity contribution < 1.29 is 14.3 Å². The molecule has 2 aromatic rings. The van der Waals surface area contributed by atoms with E-state index in [1.807, 2.05) is 48.8 Å². The highest BCUT2D eigenvalue weighted by atomic mass is 35.5. The SMILES string of the molecule is CCNC(=O)N1CCN(c2cc(Cl)nc(SCC(=O)N3CCN(c4ccccc4OCC)CC3)n2)CC1C. The summed E-state index contributed by atoms with van der Waals surface area (Å²) in [4.78, 5) is 42.4. The Hall–Kier alpha value is -2.92. The van der Waals surface area contributed by atoms with Gasteiger partial charge in [-0.15, -0.1) is 0 Å². The van der Waals surface area contributed by atoms with E-state index < -0.39 is 0 Å². The number of para-hydroxylation sites is 2. The number of rotatable bonds is 8. The van der Waals surface area contributed by atoms with Crippen molar-refractivity contribution in [1.29, 1.82) is 0 Å². The first kappa shape index (κ1) is 28.1. The monoisotopic (exact) mass is 561 g/mol. The lowest BCUT2D eigenvalue weighted by atomic mass is 10.2. The van der Waals surface area contributed by atoms with E-state index in [0.717, 1.165) is 24.5 Å². The Kier molecular flexibility index (Phi) is 9.79. The zero-order valence-electron chi connectivity index (χ0n) is 22.2. The fourth-order valence-electron chi connectivity index (χ4n) is 4.74. The standard InChI is InChI=1S/C26H36ClN7O3S/c1-4-28-26(36)34-15-14-33(17-19(34)3)23-16-22(27)29-25(30-23)38-18-24(35)32-12-10-31(11-13-32)20-8-6-7-9-21(20)37-5-2/h6-9,16,19H,4-5,10-15,17-18H2,1-3H3,(H,28,36). The third kappa shape index (κ3) is 6.93. The van der Waals surface area contributed by atoms with Gasteiger partial charge in [-0.25, -0.2) is 14.8 Å². The fraction of sp³-hybridized carbons (Fsp3) is 0.538. The second-order valence-electron chi connectivity index (χ2n) is 9.21. The quantitative estimate of drug-likeness (QED) is 0.298. The fourth-order valence-corrected chi connectivity index (χ4v) is 5.73. The summed E-state index contributed by atoms with van der Waals surface area (Å²) < 4.78 is 5.77. The Bertz CT molecular complexity index is 1120. The van der Waals surface area contributed by atoms with Crippen LogP contribution >= 0.6 is 23.4 Å². The number of urea groups is 1. The number of benzene rings is 1. The second kappa shape index (κ2) is 13.2. The van der Waals surface area contributed by atoms with Gasteiger partial charge in [0.05, 0.1) is 18.0 Å². The first-order valence-electron chi connectivity index (χ1n) is 13.1. The van der Waals surface area contributed by atoms with Crippen LogP contribution in [0.4, 0.5) is 16.3 Å². The lowest BCUT2D eigenvalue weighted by molar-refractivity contribution is -0.128. The number of halogens is 1. The Morgan fingerprint density at radius 1 is 1.08 bits per heavy atom. The van der Waals surface area contributed by atoms with Crippen molar-refractivity contribution in [2.45, 2.75) is 32.0 Å². The van der Waals surface area contributed by atoms with Gasteiger partial charge in [0.25, 0.3) is 0 Å². The molecule has 0 saturated carbocycles. The molecule has 2 aliphatic heterocycles. The summed E-state index contributed by atoms with van der Waals surface area (Å²) in [7, 11) is 0. The summed E-state index contributed by atoms with van der Waals surface area (Å²) >= 11 is 7.62. The van der Waals surface area contributed by atoms with E-state index in [9.17, 15) is 9.59 Å². The van der Waals surface area contributed by atoms with Crippen LogP contribution in [0.5, 0.6) is 5.75 Å². The van der Waals surface area contributed by atoms with E-state index in [0.29, 0.717) is 62.0 Å². The molecule has 2 fully saturated rings. The number of carbonyl (C=O) groups excluding carboxylic acids is 2. The van der Waals surface area contributed by atoms with E-state index in [1.165, 1.54) is 11.8 Å². The summed E-state index contributed by atoms with van der Waals surface area (Å²) in [6.07, 6.45) is 0. The molecule has 2 aliphatic rings. The van der Waals surface area contributed by atoms with E-state index in [4.69, 9.17) is 16.3 Å². The molecule has 206 valence electrons. The summed E-state index contributed by atoms with van der Waals surface area (Å²) in [6, 6.07) is 9.75. The number of hydrogen-bond donors (Lipinski definition) is 1. The molecule has 1 N–H and O–H groups in total. The van der Waals surface area contributed by atoms with Crippen LogP contribution in [0.2, 0.25) is 5.15 Å². The van der Waals surface area contributed by atoms with Crippen LogP contribution in [0.3, 0.4) is 0 Å². The van der Waals surface area contributed by atoms with Crippen molar-refractivity contribution >= 4 is 46.8 Å². The van der Waals surface area contributed by atoms with Gasteiger partial charge in [-0.2, -0.15) is 0 Å². The molecule has 0 bridgehead atoms. The normalized spacial score (nSPS) is 17.9. The van der Waals surface area contributed by atoms with Gasteiger partial charge in [0, 0.05) is 64.5 Å². The van der Waals surface area contributed by atoms with Gasteiger partial charge >= 0.3 is 6.03 Å². The van der Waals surface area contributed by atoms with Crippen LogP contribution < -0.4 is 19.9 Å². The maximum absolute atomic E-state index is 13.0. The first-order valence-corrected chi connectivity index (χ1v) is 14.5. The molecule has 4 rings (SSSR count). The number of hydrogen-bond acceptors (Lipinski definition) is 8. The van der Waals surface area contributed by atoms with Crippen molar-refractivity contribution in [3.8, 4) is 5.75 Å². The van der Waals surface area contributed by atoms with Crippen LogP contribution in [0.1, 0.15) is 20.8 Å². The number of aromatic nitrogens is 2. The molecule has 0 radical (unpaired) electrons. The lowest BCUT2D eigenvalue weighted by Gasteiger charge is -2.40. The highest BCUT2D eigenvalue weighted by Crippen LogP contribution is 2.29.